The van der Waals surface area contributed by atoms with E-state index in [-0.39, 0.29) is 23.3 Å². The number of methoxy groups -OCH3 is 1. The highest BCUT2D eigenvalue weighted by Crippen LogP contribution is 2.43. The van der Waals surface area contributed by atoms with Crippen molar-refractivity contribution in [2.45, 2.75) is 31.8 Å². The number of aromatic hydroxyl groups is 1. The number of nitrogens with zero attached hydrogens (tertiary/aromatic N) is 3. The lowest BCUT2D eigenvalue weighted by Crippen LogP contribution is -2.41. The van der Waals surface area contributed by atoms with Gasteiger partial charge in [0, 0.05) is 26.1 Å². The van der Waals surface area contributed by atoms with E-state index in [4.69, 9.17) is 14.2 Å². The molecule has 8 bridgehead atoms. The highest BCUT2D eigenvalue weighted by atomic mass is 16.5. The molecule has 0 saturated carbocycles. The Morgan fingerprint density at radius 3 is 2.85 bits per heavy atom. The van der Waals surface area contributed by atoms with Crippen LogP contribution in [0.2, 0.25) is 0 Å². The van der Waals surface area contributed by atoms with Gasteiger partial charge in [-0.05, 0) is 84.1 Å². The minimum atomic E-state index is -0.405. The first-order valence-corrected chi connectivity index (χ1v) is 15.4. The number of benzene rings is 4. The van der Waals surface area contributed by atoms with Gasteiger partial charge < -0.3 is 34.1 Å². The molecule has 5 aromatic rings. The summed E-state index contributed by atoms with van der Waals surface area (Å²) in [4.78, 5) is 33.3. The first-order valence-electron chi connectivity index (χ1n) is 15.4. The molecule has 1 unspecified atom stereocenters. The number of nitrogens with one attached hydrogen (secondary N) is 1. The van der Waals surface area contributed by atoms with Crippen molar-refractivity contribution in [3.8, 4) is 28.7 Å². The van der Waals surface area contributed by atoms with E-state index in [2.05, 4.69) is 10.3 Å². The fourth-order valence-electron chi connectivity index (χ4n) is 6.26. The van der Waals surface area contributed by atoms with Gasteiger partial charge >= 0.3 is 0 Å². The molecule has 0 fully saturated rings. The fourth-order valence-corrected chi connectivity index (χ4v) is 6.26. The summed E-state index contributed by atoms with van der Waals surface area (Å²) in [6.45, 7) is 1.76. The molecule has 3 aliphatic heterocycles. The van der Waals surface area contributed by atoms with Crippen molar-refractivity contribution in [2.75, 3.05) is 26.8 Å². The molecule has 4 heterocycles. The van der Waals surface area contributed by atoms with Gasteiger partial charge in [-0.1, -0.05) is 24.3 Å². The Kier molecular flexibility index (Phi) is 7.92. The Morgan fingerprint density at radius 1 is 1.07 bits per heavy atom. The van der Waals surface area contributed by atoms with Gasteiger partial charge in [-0.2, -0.15) is 0 Å². The number of carbonyl (C=O) groups excluding carboxylic acids is 2. The number of fused-ring (bicyclic) bond motifs is 7. The van der Waals surface area contributed by atoms with Gasteiger partial charge in [-0.15, -0.1) is 0 Å². The largest absolute Gasteiger partial charge is 0.507 e. The summed E-state index contributed by atoms with van der Waals surface area (Å²) in [7, 11) is 1.57. The van der Waals surface area contributed by atoms with Gasteiger partial charge in [-0.3, -0.25) is 9.59 Å². The van der Waals surface area contributed by atoms with Gasteiger partial charge in [0.2, 0.25) is 5.91 Å². The fraction of sp³-hybridized carbons (Fsp3) is 0.250. The second-order valence-corrected chi connectivity index (χ2v) is 11.4. The van der Waals surface area contributed by atoms with Crippen LogP contribution in [0.4, 0.5) is 0 Å². The Labute approximate surface area is 266 Å². The third-order valence-electron chi connectivity index (χ3n) is 8.56. The van der Waals surface area contributed by atoms with Gasteiger partial charge in [-0.25, -0.2) is 4.98 Å². The van der Waals surface area contributed by atoms with Crippen LogP contribution in [0.1, 0.15) is 45.9 Å². The number of aromatic nitrogens is 2. The summed E-state index contributed by atoms with van der Waals surface area (Å²) in [5.41, 5.74) is 4.90. The van der Waals surface area contributed by atoms with E-state index < -0.39 is 5.91 Å². The average Bonchev–Trinajstić information content (AvgIpc) is 3.49. The van der Waals surface area contributed by atoms with Crippen molar-refractivity contribution >= 4 is 22.8 Å². The zero-order valence-corrected chi connectivity index (χ0v) is 25.4. The number of aryl methyl sites for hydroxylation is 1. The predicted molar refractivity (Wildman–Crippen MR) is 172 cm³/mol. The number of hydrogen-bond acceptors (Lipinski definition) is 7. The molecule has 234 valence electrons. The lowest BCUT2D eigenvalue weighted by molar-refractivity contribution is -0.133. The minimum Gasteiger partial charge on any atom is -0.507 e. The summed E-state index contributed by atoms with van der Waals surface area (Å²) >= 11 is 0. The smallest absolute Gasteiger partial charge is 0.255 e. The highest BCUT2D eigenvalue weighted by molar-refractivity contribution is 5.97. The first-order chi connectivity index (χ1) is 22.5. The number of para-hydroxylation sites is 2. The quantitative estimate of drug-likeness (QED) is 0.269. The number of imidazole rings is 1. The van der Waals surface area contributed by atoms with Crippen molar-refractivity contribution < 1.29 is 28.9 Å². The van der Waals surface area contributed by atoms with Crippen molar-refractivity contribution in [3.05, 3.63) is 107 Å². The zero-order chi connectivity index (χ0) is 31.6. The van der Waals surface area contributed by atoms with Gasteiger partial charge in [0.15, 0.2) is 11.5 Å². The third-order valence-corrected chi connectivity index (χ3v) is 8.56. The maximum atomic E-state index is 14.0. The van der Waals surface area contributed by atoms with Crippen LogP contribution >= 0.6 is 0 Å². The summed E-state index contributed by atoms with van der Waals surface area (Å²) in [5.74, 6) is 1.50. The number of ether oxygens (including phenoxy) is 3. The number of carbonyl (C=O) groups is 2. The van der Waals surface area contributed by atoms with Crippen molar-refractivity contribution in [1.29, 1.82) is 0 Å². The van der Waals surface area contributed by atoms with E-state index in [9.17, 15) is 14.7 Å². The molecule has 0 saturated heterocycles. The molecule has 0 spiro atoms. The Balaban J connectivity index is 1.27. The molecule has 2 amide bonds. The normalized spacial score (nSPS) is 16.2. The maximum Gasteiger partial charge on any atom is 0.255 e. The van der Waals surface area contributed by atoms with Crippen molar-refractivity contribution in [1.82, 2.24) is 19.8 Å². The lowest BCUT2D eigenvalue weighted by Gasteiger charge is -2.38. The second-order valence-electron chi connectivity index (χ2n) is 11.4. The first kappa shape index (κ1) is 29.2. The number of hydrogen-bond donors (Lipinski definition) is 2. The molecule has 1 aromatic heterocycles. The van der Waals surface area contributed by atoms with Crippen LogP contribution in [0.5, 0.6) is 28.7 Å². The van der Waals surface area contributed by atoms with Crippen LogP contribution < -0.4 is 19.5 Å². The number of phenolic OH excluding ortho intramolecular Hbond substituents is 1. The molecule has 2 N–H and O–H groups in total. The van der Waals surface area contributed by atoms with E-state index in [1.54, 1.807) is 19.5 Å². The molecule has 8 rings (SSSR count). The van der Waals surface area contributed by atoms with Crippen LogP contribution in [0.25, 0.3) is 11.0 Å². The molecule has 0 aliphatic carbocycles. The number of phenols is 1. The number of rotatable bonds is 4. The Bertz CT molecular complexity index is 1940. The maximum absolute atomic E-state index is 14.0. The molecular formula is C36H34N4O6. The van der Waals surface area contributed by atoms with Gasteiger partial charge in [0.25, 0.3) is 5.91 Å². The van der Waals surface area contributed by atoms with Gasteiger partial charge in [0.1, 0.15) is 17.2 Å². The van der Waals surface area contributed by atoms with E-state index >= 15 is 0 Å². The van der Waals surface area contributed by atoms with Crippen LogP contribution in [-0.2, 0) is 17.8 Å². The zero-order valence-electron chi connectivity index (χ0n) is 25.4. The number of amides is 2. The summed E-state index contributed by atoms with van der Waals surface area (Å²) in [6.07, 6.45) is 3.28. The minimum absolute atomic E-state index is 0.0357. The van der Waals surface area contributed by atoms with Crippen molar-refractivity contribution in [2.24, 2.45) is 0 Å². The average molecular weight is 619 g/mol. The summed E-state index contributed by atoms with van der Waals surface area (Å²) in [6, 6.07) is 23.8. The van der Waals surface area contributed by atoms with E-state index in [0.717, 1.165) is 27.7 Å². The molecule has 10 nitrogen and oxygen atoms in total. The van der Waals surface area contributed by atoms with E-state index in [0.29, 0.717) is 68.5 Å². The molecule has 10 heteroatoms. The monoisotopic (exact) mass is 618 g/mol. The highest BCUT2D eigenvalue weighted by Gasteiger charge is 2.34. The molecule has 3 aliphatic rings. The molecular weight excluding hydrogens is 584 g/mol. The summed E-state index contributed by atoms with van der Waals surface area (Å²) in [5, 5.41) is 13.2. The molecule has 0 radical (unpaired) electrons. The Hall–Kier alpha value is -5.51. The standard InChI is InChI=1S/C36H34N4O6/c1-44-32-21-27-23-12-16-40(34(42)13-15-39-22-38-29-8-2-3-9-30(29)39)35(27)24-6-4-7-25(18-24)45-17-5-14-37-36(43)28-20-26(10-11-31(28)41)46-33(32)19-23/h2-4,6-11,18-22,35,41H,5,12-17H2,1H3,(H,37,43). The van der Waals surface area contributed by atoms with Crippen LogP contribution in [0, 0.1) is 0 Å². The van der Waals surface area contributed by atoms with Crippen LogP contribution in [-0.4, -0.2) is 58.2 Å². The summed E-state index contributed by atoms with van der Waals surface area (Å²) < 4.78 is 20.2. The third kappa shape index (κ3) is 5.69. The lowest BCUT2D eigenvalue weighted by atomic mass is 9.87. The predicted octanol–water partition coefficient (Wildman–Crippen LogP) is 5.62. The molecule has 4 aromatic carbocycles. The Morgan fingerprint density at radius 2 is 1.96 bits per heavy atom. The van der Waals surface area contributed by atoms with E-state index in [1.165, 1.54) is 12.1 Å². The van der Waals surface area contributed by atoms with Crippen molar-refractivity contribution in [3.63, 3.8) is 0 Å². The molecule has 46 heavy (non-hydrogen) atoms. The van der Waals surface area contributed by atoms with Crippen LogP contribution in [0.15, 0.2) is 85.2 Å². The SMILES string of the molecule is COc1cc2c3cc1Oc1ccc(O)c(c1)C(=O)NCCCOc1cccc(c1)C2N(C(=O)CCn1cnc2ccccc21)CC3. The van der Waals surface area contributed by atoms with E-state index in [1.807, 2.05) is 70.1 Å². The van der Waals surface area contributed by atoms with Gasteiger partial charge in [0.05, 0.1) is 42.7 Å². The molecule has 1 atom stereocenters. The topological polar surface area (TPSA) is 115 Å². The second kappa shape index (κ2) is 12.5. The van der Waals surface area contributed by atoms with Crippen LogP contribution in [0.3, 0.4) is 0 Å².